The molecule has 0 fully saturated rings. The Kier molecular flexibility index (Phi) is 2.08. The summed E-state index contributed by atoms with van der Waals surface area (Å²) in [6.07, 6.45) is 9.26. The minimum absolute atomic E-state index is 0.858. The van der Waals surface area contributed by atoms with Crippen LogP contribution in [-0.2, 0) is 0 Å². The zero-order valence-corrected chi connectivity index (χ0v) is 8.19. The van der Waals surface area contributed by atoms with Crippen LogP contribution < -0.4 is 0 Å². The van der Waals surface area contributed by atoms with E-state index in [1.807, 2.05) is 0 Å². The van der Waals surface area contributed by atoms with Gasteiger partial charge < -0.3 is 0 Å². The molecule has 2 aliphatic rings. The van der Waals surface area contributed by atoms with Crippen molar-refractivity contribution in [1.29, 1.82) is 0 Å². The Morgan fingerprint density at radius 1 is 1.25 bits per heavy atom. The summed E-state index contributed by atoms with van der Waals surface area (Å²) in [5.74, 6) is 0.858. The van der Waals surface area contributed by atoms with Crippen LogP contribution in [0.25, 0.3) is 0 Å². The molecule has 2 rings (SSSR count). The van der Waals surface area contributed by atoms with Gasteiger partial charge in [-0.15, -0.1) is 0 Å². The molecule has 0 heterocycles. The highest BCUT2D eigenvalue weighted by molar-refractivity contribution is 5.34. The second-order valence-electron chi connectivity index (χ2n) is 4.33. The van der Waals surface area contributed by atoms with E-state index in [4.69, 9.17) is 0 Å². The van der Waals surface area contributed by atoms with Crippen LogP contribution in [0, 0.1) is 5.92 Å². The Bertz CT molecular complexity index is 243. The molecule has 0 N–H and O–H groups in total. The molecule has 0 saturated carbocycles. The lowest BCUT2D eigenvalue weighted by molar-refractivity contribution is 0.597. The van der Waals surface area contributed by atoms with Crippen LogP contribution in [0.15, 0.2) is 22.8 Å². The molecule has 1 atom stereocenters. The first-order valence-corrected chi connectivity index (χ1v) is 5.16. The smallest absolute Gasteiger partial charge is 0.0223 e. The van der Waals surface area contributed by atoms with Gasteiger partial charge in [-0.25, -0.2) is 0 Å². The Balaban J connectivity index is 2.31. The van der Waals surface area contributed by atoms with Crippen molar-refractivity contribution in [2.24, 2.45) is 5.92 Å². The van der Waals surface area contributed by atoms with Crippen LogP contribution in [-0.4, -0.2) is 0 Å². The third-order valence-corrected chi connectivity index (χ3v) is 3.29. The van der Waals surface area contributed by atoms with Crippen molar-refractivity contribution < 1.29 is 0 Å². The van der Waals surface area contributed by atoms with Crippen LogP contribution in [0.3, 0.4) is 0 Å². The average Bonchev–Trinajstić information content (AvgIpc) is 2.44. The molecule has 0 radical (unpaired) electrons. The maximum absolute atomic E-state index is 2.45. The molecule has 66 valence electrons. The van der Waals surface area contributed by atoms with Gasteiger partial charge in [-0.1, -0.05) is 24.1 Å². The number of hydrogen-bond donors (Lipinski definition) is 0. The molecular formula is C12H18. The maximum atomic E-state index is 2.45. The number of allylic oxidation sites excluding steroid dienone is 4. The molecule has 0 aromatic rings. The molecule has 12 heavy (non-hydrogen) atoms. The summed E-state index contributed by atoms with van der Waals surface area (Å²) in [6, 6.07) is 0. The summed E-state index contributed by atoms with van der Waals surface area (Å²) in [6.45, 7) is 4.67. The SMILES string of the molecule is CC1=CC2=C(CCC2)C(C)CC1. The van der Waals surface area contributed by atoms with Gasteiger partial charge >= 0.3 is 0 Å². The number of rotatable bonds is 0. The Morgan fingerprint density at radius 3 is 2.92 bits per heavy atom. The molecule has 2 aliphatic carbocycles. The Labute approximate surface area is 75.4 Å². The van der Waals surface area contributed by atoms with E-state index in [-0.39, 0.29) is 0 Å². The summed E-state index contributed by atoms with van der Waals surface area (Å²) < 4.78 is 0. The maximum Gasteiger partial charge on any atom is -0.0223 e. The monoisotopic (exact) mass is 162 g/mol. The molecule has 0 aromatic heterocycles. The summed E-state index contributed by atoms with van der Waals surface area (Å²) in [5, 5.41) is 0. The van der Waals surface area contributed by atoms with Gasteiger partial charge in [0.1, 0.15) is 0 Å². The van der Waals surface area contributed by atoms with Crippen molar-refractivity contribution in [3.8, 4) is 0 Å². The van der Waals surface area contributed by atoms with E-state index in [9.17, 15) is 0 Å². The predicted molar refractivity (Wildman–Crippen MR) is 53.0 cm³/mol. The van der Waals surface area contributed by atoms with Crippen molar-refractivity contribution >= 4 is 0 Å². The summed E-state index contributed by atoms with van der Waals surface area (Å²) in [5.41, 5.74) is 5.04. The molecule has 0 spiro atoms. The molecule has 0 saturated heterocycles. The molecule has 0 aliphatic heterocycles. The third kappa shape index (κ3) is 1.35. The van der Waals surface area contributed by atoms with E-state index in [1.165, 1.54) is 32.1 Å². The van der Waals surface area contributed by atoms with E-state index >= 15 is 0 Å². The highest BCUT2D eigenvalue weighted by Crippen LogP contribution is 2.37. The predicted octanol–water partition coefficient (Wildman–Crippen LogP) is 3.84. The van der Waals surface area contributed by atoms with Crippen molar-refractivity contribution in [3.05, 3.63) is 22.8 Å². The fourth-order valence-electron chi connectivity index (χ4n) is 2.51. The molecule has 0 aromatic carbocycles. The van der Waals surface area contributed by atoms with Crippen molar-refractivity contribution in [3.63, 3.8) is 0 Å². The topological polar surface area (TPSA) is 0 Å². The molecule has 0 bridgehead atoms. The van der Waals surface area contributed by atoms with E-state index in [0.717, 1.165) is 5.92 Å². The van der Waals surface area contributed by atoms with Gasteiger partial charge in [0.25, 0.3) is 0 Å². The van der Waals surface area contributed by atoms with E-state index in [2.05, 4.69) is 19.9 Å². The first-order chi connectivity index (χ1) is 5.77. The second kappa shape index (κ2) is 3.08. The van der Waals surface area contributed by atoms with Gasteiger partial charge in [0.2, 0.25) is 0 Å². The van der Waals surface area contributed by atoms with E-state index in [0.29, 0.717) is 0 Å². The average molecular weight is 162 g/mol. The van der Waals surface area contributed by atoms with Gasteiger partial charge in [0, 0.05) is 0 Å². The van der Waals surface area contributed by atoms with Crippen molar-refractivity contribution in [1.82, 2.24) is 0 Å². The number of hydrogen-bond acceptors (Lipinski definition) is 0. The van der Waals surface area contributed by atoms with Gasteiger partial charge in [-0.3, -0.25) is 0 Å². The summed E-state index contributed by atoms with van der Waals surface area (Å²) in [7, 11) is 0. The van der Waals surface area contributed by atoms with E-state index in [1.54, 1.807) is 16.7 Å². The minimum atomic E-state index is 0.858. The lowest BCUT2D eigenvalue weighted by Crippen LogP contribution is -1.96. The summed E-state index contributed by atoms with van der Waals surface area (Å²) in [4.78, 5) is 0. The van der Waals surface area contributed by atoms with E-state index < -0.39 is 0 Å². The standard InChI is InChI=1S/C12H18/c1-9-6-7-10(2)12-5-3-4-11(12)8-9/h8,10H,3-7H2,1-2H3. The van der Waals surface area contributed by atoms with Crippen LogP contribution in [0.2, 0.25) is 0 Å². The quantitative estimate of drug-likeness (QED) is 0.507. The van der Waals surface area contributed by atoms with Gasteiger partial charge in [-0.2, -0.15) is 0 Å². The van der Waals surface area contributed by atoms with Crippen LogP contribution >= 0.6 is 0 Å². The molecule has 0 heteroatoms. The van der Waals surface area contributed by atoms with Crippen LogP contribution in [0.4, 0.5) is 0 Å². The zero-order valence-electron chi connectivity index (χ0n) is 8.19. The zero-order chi connectivity index (χ0) is 8.55. The molecule has 0 amide bonds. The van der Waals surface area contributed by atoms with Crippen molar-refractivity contribution in [2.75, 3.05) is 0 Å². The Morgan fingerprint density at radius 2 is 2.08 bits per heavy atom. The molecular weight excluding hydrogens is 144 g/mol. The van der Waals surface area contributed by atoms with Crippen LogP contribution in [0.1, 0.15) is 46.0 Å². The third-order valence-electron chi connectivity index (χ3n) is 3.29. The molecule has 1 unspecified atom stereocenters. The minimum Gasteiger partial charge on any atom is -0.0730 e. The second-order valence-corrected chi connectivity index (χ2v) is 4.33. The van der Waals surface area contributed by atoms with Crippen molar-refractivity contribution in [2.45, 2.75) is 46.0 Å². The van der Waals surface area contributed by atoms with Gasteiger partial charge in [0.15, 0.2) is 0 Å². The normalized spacial score (nSPS) is 29.8. The fourth-order valence-corrected chi connectivity index (χ4v) is 2.51. The lowest BCUT2D eigenvalue weighted by atomic mass is 9.95. The molecule has 0 nitrogen and oxygen atoms in total. The van der Waals surface area contributed by atoms with Crippen LogP contribution in [0.5, 0.6) is 0 Å². The van der Waals surface area contributed by atoms with Gasteiger partial charge in [0.05, 0.1) is 0 Å². The first-order valence-electron chi connectivity index (χ1n) is 5.16. The largest absolute Gasteiger partial charge is 0.0730 e. The Hall–Kier alpha value is -0.520. The highest BCUT2D eigenvalue weighted by Gasteiger charge is 2.20. The first kappa shape index (κ1) is 8.10. The highest BCUT2D eigenvalue weighted by atomic mass is 14.3. The van der Waals surface area contributed by atoms with Gasteiger partial charge in [-0.05, 0) is 50.5 Å². The summed E-state index contributed by atoms with van der Waals surface area (Å²) >= 11 is 0. The lowest BCUT2D eigenvalue weighted by Gasteiger charge is -2.11. The fraction of sp³-hybridized carbons (Fsp3) is 0.667.